The molecule has 0 aliphatic carbocycles. The molecule has 0 saturated heterocycles. The van der Waals surface area contributed by atoms with Crippen LogP contribution in [-0.2, 0) is 23.8 Å². The summed E-state index contributed by atoms with van der Waals surface area (Å²) in [6, 6.07) is -0.883. The summed E-state index contributed by atoms with van der Waals surface area (Å²) >= 11 is 0. The Hall–Kier alpha value is -1.79. The molecule has 0 N–H and O–H groups in total. The largest absolute Gasteiger partial charge is 0.464 e. The van der Waals surface area contributed by atoms with Gasteiger partial charge >= 0.3 is 18.0 Å². The number of carbonyl (C=O) groups excluding carboxylic acids is 3. The average Bonchev–Trinajstić information content (AvgIpc) is 2.37. The van der Waals surface area contributed by atoms with E-state index in [9.17, 15) is 14.4 Å². The lowest BCUT2D eigenvalue weighted by atomic mass is 10.1. The van der Waals surface area contributed by atoms with Crippen LogP contribution in [0.2, 0.25) is 0 Å². The maximum Gasteiger partial charge on any atom is 0.410 e. The zero-order valence-corrected chi connectivity index (χ0v) is 14.3. The molecule has 0 radical (unpaired) electrons. The molecule has 1 atom stereocenters. The Bertz CT molecular complexity index is 388. The van der Waals surface area contributed by atoms with Crippen molar-refractivity contribution in [2.24, 2.45) is 0 Å². The van der Waals surface area contributed by atoms with E-state index in [-0.39, 0.29) is 26.1 Å². The summed E-state index contributed by atoms with van der Waals surface area (Å²) < 4.78 is 15.0. The van der Waals surface area contributed by atoms with Gasteiger partial charge in [0.25, 0.3) is 0 Å². The van der Waals surface area contributed by atoms with Crippen LogP contribution in [0.4, 0.5) is 4.79 Å². The number of rotatable bonds is 7. The summed E-state index contributed by atoms with van der Waals surface area (Å²) in [7, 11) is 1.44. The maximum atomic E-state index is 12.0. The number of hydrogen-bond acceptors (Lipinski definition) is 6. The molecule has 0 saturated carbocycles. The Morgan fingerprint density at radius 3 is 2.05 bits per heavy atom. The van der Waals surface area contributed by atoms with Gasteiger partial charge in [0.05, 0.1) is 13.2 Å². The summed E-state index contributed by atoms with van der Waals surface area (Å²) in [5, 5.41) is 0. The van der Waals surface area contributed by atoms with E-state index in [0.29, 0.717) is 0 Å². The van der Waals surface area contributed by atoms with Gasteiger partial charge in [0, 0.05) is 13.5 Å². The molecule has 0 aromatic heterocycles. The standard InChI is InChI=1S/C15H27NO6/c1-7-20-13(18)11(16(6)14(19)21-8-2)9-10-12(17)22-15(3,4)5/h11H,7-10H2,1-6H3. The van der Waals surface area contributed by atoms with E-state index in [0.717, 1.165) is 4.90 Å². The van der Waals surface area contributed by atoms with Gasteiger partial charge in [-0.05, 0) is 41.0 Å². The van der Waals surface area contributed by atoms with Crippen LogP contribution in [-0.4, -0.2) is 54.8 Å². The third kappa shape index (κ3) is 7.85. The van der Waals surface area contributed by atoms with E-state index in [1.54, 1.807) is 34.6 Å². The molecular weight excluding hydrogens is 290 g/mol. The first kappa shape index (κ1) is 20.2. The van der Waals surface area contributed by atoms with Gasteiger partial charge in [0.15, 0.2) is 0 Å². The van der Waals surface area contributed by atoms with Crippen LogP contribution in [0.5, 0.6) is 0 Å². The van der Waals surface area contributed by atoms with Gasteiger partial charge in [-0.2, -0.15) is 0 Å². The van der Waals surface area contributed by atoms with Crippen molar-refractivity contribution in [3.8, 4) is 0 Å². The average molecular weight is 317 g/mol. The minimum atomic E-state index is -0.883. The number of esters is 2. The van der Waals surface area contributed by atoms with Gasteiger partial charge < -0.3 is 14.2 Å². The summed E-state index contributed by atoms with van der Waals surface area (Å²) in [4.78, 5) is 36.6. The van der Waals surface area contributed by atoms with Crippen LogP contribution in [0, 0.1) is 0 Å². The molecule has 0 fully saturated rings. The van der Waals surface area contributed by atoms with Crippen molar-refractivity contribution in [3.05, 3.63) is 0 Å². The number of amides is 1. The Morgan fingerprint density at radius 1 is 1.05 bits per heavy atom. The van der Waals surface area contributed by atoms with Crippen LogP contribution in [0.1, 0.15) is 47.5 Å². The topological polar surface area (TPSA) is 82.1 Å². The van der Waals surface area contributed by atoms with Crippen molar-refractivity contribution >= 4 is 18.0 Å². The summed E-state index contributed by atoms with van der Waals surface area (Å²) in [5.41, 5.74) is -0.594. The molecule has 7 nitrogen and oxygen atoms in total. The molecule has 0 aromatic carbocycles. The number of carbonyl (C=O) groups is 3. The number of likely N-dealkylation sites (N-methyl/N-ethyl adjacent to an activating group) is 1. The van der Waals surface area contributed by atoms with Crippen LogP contribution in [0.25, 0.3) is 0 Å². The molecule has 0 rings (SSSR count). The Labute approximate surface area is 131 Å². The molecule has 0 heterocycles. The molecule has 0 aromatic rings. The fourth-order valence-corrected chi connectivity index (χ4v) is 1.71. The Balaban J connectivity index is 4.77. The van der Waals surface area contributed by atoms with Crippen molar-refractivity contribution in [3.63, 3.8) is 0 Å². The zero-order chi connectivity index (χ0) is 17.3. The minimum Gasteiger partial charge on any atom is -0.464 e. The second kappa shape index (κ2) is 9.27. The van der Waals surface area contributed by atoms with Crippen molar-refractivity contribution in [2.75, 3.05) is 20.3 Å². The quantitative estimate of drug-likeness (QED) is 0.528. The Morgan fingerprint density at radius 2 is 1.59 bits per heavy atom. The zero-order valence-electron chi connectivity index (χ0n) is 14.3. The van der Waals surface area contributed by atoms with Crippen molar-refractivity contribution < 1.29 is 28.6 Å². The normalized spacial score (nSPS) is 12.3. The predicted octanol–water partition coefficient (Wildman–Crippen LogP) is 2.13. The molecule has 0 spiro atoms. The molecule has 22 heavy (non-hydrogen) atoms. The lowest BCUT2D eigenvalue weighted by Gasteiger charge is -2.26. The minimum absolute atomic E-state index is 0.00446. The summed E-state index contributed by atoms with van der Waals surface area (Å²) in [5.74, 6) is -0.999. The van der Waals surface area contributed by atoms with Crippen LogP contribution < -0.4 is 0 Å². The van der Waals surface area contributed by atoms with Crippen LogP contribution in [0.3, 0.4) is 0 Å². The second-order valence-electron chi connectivity index (χ2n) is 5.70. The van der Waals surface area contributed by atoms with E-state index in [1.165, 1.54) is 7.05 Å². The third-order valence-corrected chi connectivity index (χ3v) is 2.62. The van der Waals surface area contributed by atoms with Crippen molar-refractivity contribution in [2.45, 2.75) is 59.1 Å². The maximum absolute atomic E-state index is 12.0. The second-order valence-corrected chi connectivity index (χ2v) is 5.70. The summed E-state index contributed by atoms with van der Waals surface area (Å²) in [6.07, 6.45) is -0.516. The van der Waals surface area contributed by atoms with Gasteiger partial charge in [-0.25, -0.2) is 9.59 Å². The first-order chi connectivity index (χ1) is 10.1. The van der Waals surface area contributed by atoms with Gasteiger partial charge in [-0.15, -0.1) is 0 Å². The number of ether oxygens (including phenoxy) is 3. The van der Waals surface area contributed by atoms with E-state index in [1.807, 2.05) is 0 Å². The Kier molecular flexibility index (Phi) is 8.52. The van der Waals surface area contributed by atoms with Gasteiger partial charge in [0.2, 0.25) is 0 Å². The fraction of sp³-hybridized carbons (Fsp3) is 0.800. The van der Waals surface area contributed by atoms with Crippen molar-refractivity contribution in [1.82, 2.24) is 4.90 Å². The fourth-order valence-electron chi connectivity index (χ4n) is 1.71. The number of nitrogens with zero attached hydrogens (tertiary/aromatic N) is 1. The highest BCUT2D eigenvalue weighted by atomic mass is 16.6. The molecule has 7 heteroatoms. The van der Waals surface area contributed by atoms with E-state index in [4.69, 9.17) is 14.2 Å². The van der Waals surface area contributed by atoms with Gasteiger partial charge in [0.1, 0.15) is 11.6 Å². The highest BCUT2D eigenvalue weighted by Crippen LogP contribution is 2.13. The third-order valence-electron chi connectivity index (χ3n) is 2.62. The van der Waals surface area contributed by atoms with E-state index < -0.39 is 29.7 Å². The van der Waals surface area contributed by atoms with Crippen LogP contribution in [0.15, 0.2) is 0 Å². The monoisotopic (exact) mass is 317 g/mol. The highest BCUT2D eigenvalue weighted by molar-refractivity contribution is 5.82. The predicted molar refractivity (Wildman–Crippen MR) is 80.3 cm³/mol. The lowest BCUT2D eigenvalue weighted by Crippen LogP contribution is -2.44. The first-order valence-corrected chi connectivity index (χ1v) is 7.40. The number of hydrogen-bond donors (Lipinski definition) is 0. The van der Waals surface area contributed by atoms with Gasteiger partial charge in [-0.1, -0.05) is 0 Å². The molecule has 0 bridgehead atoms. The van der Waals surface area contributed by atoms with Gasteiger partial charge in [-0.3, -0.25) is 9.69 Å². The molecule has 128 valence electrons. The smallest absolute Gasteiger partial charge is 0.410 e. The highest BCUT2D eigenvalue weighted by Gasteiger charge is 2.30. The summed E-state index contributed by atoms with van der Waals surface area (Å²) in [6.45, 7) is 9.03. The molecular formula is C15H27NO6. The lowest BCUT2D eigenvalue weighted by molar-refractivity contribution is -0.156. The molecule has 1 amide bonds. The van der Waals surface area contributed by atoms with Crippen LogP contribution >= 0.6 is 0 Å². The van der Waals surface area contributed by atoms with E-state index >= 15 is 0 Å². The first-order valence-electron chi connectivity index (χ1n) is 7.40. The SMILES string of the molecule is CCOC(=O)C(CCC(=O)OC(C)(C)C)N(C)C(=O)OCC. The van der Waals surface area contributed by atoms with E-state index in [2.05, 4.69) is 0 Å². The molecule has 0 aliphatic heterocycles. The van der Waals surface area contributed by atoms with Crippen molar-refractivity contribution in [1.29, 1.82) is 0 Å². The molecule has 1 unspecified atom stereocenters. The molecule has 0 aliphatic rings.